The second kappa shape index (κ2) is 6.02. The smallest absolute Gasteiger partial charge is 0.167 e. The van der Waals surface area contributed by atoms with E-state index in [4.69, 9.17) is 11.6 Å². The summed E-state index contributed by atoms with van der Waals surface area (Å²) in [7, 11) is 1.87. The number of ketones is 1. The third-order valence-corrected chi connectivity index (χ3v) is 2.95. The van der Waals surface area contributed by atoms with Crippen molar-refractivity contribution in [3.8, 4) is 0 Å². The van der Waals surface area contributed by atoms with Gasteiger partial charge < -0.3 is 5.32 Å². The molecule has 0 heterocycles. The Balaban J connectivity index is 2.86. The summed E-state index contributed by atoms with van der Waals surface area (Å²) in [6, 6.07) is 7.09. The maximum atomic E-state index is 12.2. The number of carbonyl (C=O) groups is 1. The van der Waals surface area contributed by atoms with E-state index in [9.17, 15) is 4.79 Å². The van der Waals surface area contributed by atoms with Crippen LogP contribution in [0.2, 0.25) is 5.02 Å². The fourth-order valence-electron chi connectivity index (χ4n) is 1.68. The Morgan fingerprint density at radius 2 is 1.88 bits per heavy atom. The van der Waals surface area contributed by atoms with Gasteiger partial charge in [-0.25, -0.2) is 0 Å². The summed E-state index contributed by atoms with van der Waals surface area (Å²) in [4.78, 5) is 12.2. The molecule has 0 aliphatic heterocycles. The lowest BCUT2D eigenvalue weighted by molar-refractivity contribution is 0.0886. The van der Waals surface area contributed by atoms with E-state index in [0.29, 0.717) is 17.5 Å². The topological polar surface area (TPSA) is 29.1 Å². The molecular weight excluding hydrogens is 222 g/mol. The van der Waals surface area contributed by atoms with Crippen LogP contribution in [-0.2, 0) is 0 Å². The van der Waals surface area contributed by atoms with Crippen LogP contribution < -0.4 is 5.32 Å². The molecule has 0 saturated carbocycles. The first-order chi connectivity index (χ1) is 7.56. The molecule has 1 N–H and O–H groups in total. The maximum absolute atomic E-state index is 12.2. The van der Waals surface area contributed by atoms with E-state index in [-0.39, 0.29) is 11.7 Å². The van der Waals surface area contributed by atoms with Gasteiger partial charge in [0, 0.05) is 23.0 Å². The fourth-order valence-corrected chi connectivity index (χ4v) is 1.81. The average molecular weight is 240 g/mol. The Morgan fingerprint density at radius 1 is 1.31 bits per heavy atom. The Morgan fingerprint density at radius 3 is 2.31 bits per heavy atom. The van der Waals surface area contributed by atoms with Crippen molar-refractivity contribution in [2.24, 2.45) is 11.8 Å². The molecule has 1 aromatic carbocycles. The highest BCUT2D eigenvalue weighted by Crippen LogP contribution is 2.18. The van der Waals surface area contributed by atoms with Crippen LogP contribution in [0.5, 0.6) is 0 Å². The molecule has 1 unspecified atom stereocenters. The molecule has 0 saturated heterocycles. The van der Waals surface area contributed by atoms with Crippen LogP contribution in [0.4, 0.5) is 0 Å². The van der Waals surface area contributed by atoms with E-state index in [2.05, 4.69) is 19.2 Å². The first-order valence-corrected chi connectivity index (χ1v) is 5.88. The highest BCUT2D eigenvalue weighted by Gasteiger charge is 2.22. The molecule has 0 aromatic heterocycles. The van der Waals surface area contributed by atoms with Crippen molar-refractivity contribution in [3.63, 3.8) is 0 Å². The Labute approximate surface area is 102 Å². The SMILES string of the molecule is CNCC(C(=O)c1ccc(Cl)cc1)C(C)C. The van der Waals surface area contributed by atoms with Gasteiger partial charge in [0.05, 0.1) is 0 Å². The largest absolute Gasteiger partial charge is 0.319 e. The zero-order valence-electron chi connectivity index (χ0n) is 9.96. The molecule has 0 aliphatic rings. The van der Waals surface area contributed by atoms with Gasteiger partial charge in [0.1, 0.15) is 0 Å². The van der Waals surface area contributed by atoms with E-state index in [1.807, 2.05) is 7.05 Å². The van der Waals surface area contributed by atoms with E-state index in [0.717, 1.165) is 5.56 Å². The van der Waals surface area contributed by atoms with Crippen molar-refractivity contribution in [2.45, 2.75) is 13.8 Å². The number of hydrogen-bond acceptors (Lipinski definition) is 2. The lowest BCUT2D eigenvalue weighted by atomic mass is 9.88. The predicted molar refractivity (Wildman–Crippen MR) is 68.0 cm³/mol. The van der Waals surface area contributed by atoms with Crippen LogP contribution in [0.1, 0.15) is 24.2 Å². The second-order valence-corrected chi connectivity index (χ2v) is 4.72. The van der Waals surface area contributed by atoms with Crippen LogP contribution >= 0.6 is 11.6 Å². The maximum Gasteiger partial charge on any atom is 0.167 e. The molecule has 3 heteroatoms. The third kappa shape index (κ3) is 3.32. The number of hydrogen-bond donors (Lipinski definition) is 1. The predicted octanol–water partition coefficient (Wildman–Crippen LogP) is 3.01. The summed E-state index contributed by atoms with van der Waals surface area (Å²) in [5.41, 5.74) is 0.735. The van der Waals surface area contributed by atoms with Gasteiger partial charge in [0.25, 0.3) is 0 Å². The highest BCUT2D eigenvalue weighted by molar-refractivity contribution is 6.30. The number of nitrogens with one attached hydrogen (secondary N) is 1. The third-order valence-electron chi connectivity index (χ3n) is 2.69. The fraction of sp³-hybridized carbons (Fsp3) is 0.462. The highest BCUT2D eigenvalue weighted by atomic mass is 35.5. The molecule has 0 spiro atoms. The quantitative estimate of drug-likeness (QED) is 0.801. The molecule has 0 aliphatic carbocycles. The molecule has 1 atom stereocenters. The Kier molecular flexibility index (Phi) is 4.97. The monoisotopic (exact) mass is 239 g/mol. The lowest BCUT2D eigenvalue weighted by Crippen LogP contribution is -2.30. The van der Waals surface area contributed by atoms with Crippen LogP contribution in [0.25, 0.3) is 0 Å². The van der Waals surface area contributed by atoms with Crippen molar-refractivity contribution < 1.29 is 4.79 Å². The summed E-state index contributed by atoms with van der Waals surface area (Å²) in [5, 5.41) is 3.72. The summed E-state index contributed by atoms with van der Waals surface area (Å²) in [6.45, 7) is 4.84. The molecule has 0 amide bonds. The summed E-state index contributed by atoms with van der Waals surface area (Å²) in [5.74, 6) is 0.530. The van der Waals surface area contributed by atoms with Crippen molar-refractivity contribution >= 4 is 17.4 Å². The van der Waals surface area contributed by atoms with Crippen molar-refractivity contribution in [1.82, 2.24) is 5.32 Å². The Bertz CT molecular complexity index is 345. The lowest BCUT2D eigenvalue weighted by Gasteiger charge is -2.19. The van der Waals surface area contributed by atoms with Crippen LogP contribution in [0.3, 0.4) is 0 Å². The first kappa shape index (κ1) is 13.2. The summed E-state index contributed by atoms with van der Waals surface area (Å²) < 4.78 is 0. The Hall–Kier alpha value is -0.860. The number of rotatable bonds is 5. The van der Waals surface area contributed by atoms with E-state index in [1.54, 1.807) is 24.3 Å². The van der Waals surface area contributed by atoms with Gasteiger partial charge in [-0.1, -0.05) is 25.4 Å². The number of benzene rings is 1. The van der Waals surface area contributed by atoms with Crippen LogP contribution in [0.15, 0.2) is 24.3 Å². The van der Waals surface area contributed by atoms with Gasteiger partial charge in [0.15, 0.2) is 5.78 Å². The standard InChI is InChI=1S/C13H18ClNO/c1-9(2)12(8-15-3)13(16)10-4-6-11(14)7-5-10/h4-7,9,12,15H,8H2,1-3H3. The first-order valence-electron chi connectivity index (χ1n) is 5.50. The van der Waals surface area contributed by atoms with E-state index in [1.165, 1.54) is 0 Å². The van der Waals surface area contributed by atoms with E-state index >= 15 is 0 Å². The molecule has 0 fully saturated rings. The minimum absolute atomic E-state index is 0.0196. The number of halogens is 1. The normalized spacial score (nSPS) is 12.8. The zero-order valence-corrected chi connectivity index (χ0v) is 10.7. The summed E-state index contributed by atoms with van der Waals surface area (Å²) >= 11 is 5.80. The molecule has 1 aromatic rings. The van der Waals surface area contributed by atoms with Crippen molar-refractivity contribution in [1.29, 1.82) is 0 Å². The number of carbonyl (C=O) groups excluding carboxylic acids is 1. The van der Waals surface area contributed by atoms with E-state index < -0.39 is 0 Å². The summed E-state index contributed by atoms with van der Waals surface area (Å²) in [6.07, 6.45) is 0. The molecule has 1 rings (SSSR count). The molecule has 2 nitrogen and oxygen atoms in total. The molecular formula is C13H18ClNO. The van der Waals surface area contributed by atoms with Crippen LogP contribution in [0, 0.1) is 11.8 Å². The van der Waals surface area contributed by atoms with Gasteiger partial charge in [-0.2, -0.15) is 0 Å². The van der Waals surface area contributed by atoms with Gasteiger partial charge in [-0.3, -0.25) is 4.79 Å². The van der Waals surface area contributed by atoms with Gasteiger partial charge in [-0.15, -0.1) is 0 Å². The number of Topliss-reactive ketones (excluding diaryl/α,β-unsaturated/α-hetero) is 1. The van der Waals surface area contributed by atoms with Gasteiger partial charge >= 0.3 is 0 Å². The minimum Gasteiger partial charge on any atom is -0.319 e. The van der Waals surface area contributed by atoms with Crippen molar-refractivity contribution in [3.05, 3.63) is 34.9 Å². The molecule has 88 valence electrons. The second-order valence-electron chi connectivity index (χ2n) is 4.28. The average Bonchev–Trinajstić information content (AvgIpc) is 2.25. The molecule has 0 bridgehead atoms. The molecule has 16 heavy (non-hydrogen) atoms. The van der Waals surface area contributed by atoms with Gasteiger partial charge in [0.2, 0.25) is 0 Å². The van der Waals surface area contributed by atoms with Gasteiger partial charge in [-0.05, 0) is 37.2 Å². The zero-order chi connectivity index (χ0) is 12.1. The minimum atomic E-state index is 0.0196. The molecule has 0 radical (unpaired) electrons. The van der Waals surface area contributed by atoms with Crippen molar-refractivity contribution in [2.75, 3.05) is 13.6 Å². The van der Waals surface area contributed by atoms with Crippen LogP contribution in [-0.4, -0.2) is 19.4 Å².